The van der Waals surface area contributed by atoms with Gasteiger partial charge in [0, 0.05) is 25.6 Å². The maximum Gasteiger partial charge on any atom is 0.295 e. The van der Waals surface area contributed by atoms with Crippen molar-refractivity contribution >= 4 is 11.9 Å². The molecule has 1 atom stereocenters. The molecule has 2 N–H and O–H groups in total. The minimum atomic E-state index is -0.729. The molecule has 2 fully saturated rings. The molecule has 1 aliphatic carbocycles. The molecular formula is C9H13N3O2. The molecule has 5 nitrogen and oxygen atoms in total. The summed E-state index contributed by atoms with van der Waals surface area (Å²) in [6.07, 6.45) is 3.23. The van der Waals surface area contributed by atoms with Crippen LogP contribution in [0, 0.1) is 0 Å². The van der Waals surface area contributed by atoms with E-state index in [0.717, 1.165) is 13.0 Å². The third-order valence-corrected chi connectivity index (χ3v) is 3.23. The summed E-state index contributed by atoms with van der Waals surface area (Å²) in [5.41, 5.74) is 4.68. The lowest BCUT2D eigenvalue weighted by Crippen LogP contribution is -2.41. The van der Waals surface area contributed by atoms with Gasteiger partial charge in [-0.3, -0.25) is 9.69 Å². The molecular weight excluding hydrogens is 182 g/mol. The summed E-state index contributed by atoms with van der Waals surface area (Å²) in [7, 11) is 0. The van der Waals surface area contributed by atoms with Gasteiger partial charge in [0.15, 0.2) is 0 Å². The zero-order valence-corrected chi connectivity index (χ0v) is 7.90. The second kappa shape index (κ2) is 2.48. The van der Waals surface area contributed by atoms with E-state index in [1.165, 1.54) is 12.8 Å². The van der Waals surface area contributed by atoms with Gasteiger partial charge < -0.3 is 10.5 Å². The predicted octanol–water partition coefficient (Wildman–Crippen LogP) is -0.535. The van der Waals surface area contributed by atoms with Crippen molar-refractivity contribution in [2.75, 3.05) is 13.1 Å². The number of aliphatic imine (C=N–C) groups is 1. The minimum absolute atomic E-state index is 0.0349. The highest BCUT2D eigenvalue weighted by atomic mass is 16.5. The summed E-state index contributed by atoms with van der Waals surface area (Å²) < 4.78 is 5.37. The SMILES string of the molecule is NC1=NC(=O)C2(CCN(C3CC3)C2)O1. The van der Waals surface area contributed by atoms with E-state index in [1.54, 1.807) is 0 Å². The van der Waals surface area contributed by atoms with Crippen molar-refractivity contribution in [3.8, 4) is 0 Å². The van der Waals surface area contributed by atoms with Crippen molar-refractivity contribution in [1.29, 1.82) is 0 Å². The largest absolute Gasteiger partial charge is 0.447 e. The number of ether oxygens (including phenoxy) is 1. The van der Waals surface area contributed by atoms with Crippen LogP contribution in [0.1, 0.15) is 19.3 Å². The van der Waals surface area contributed by atoms with Crippen molar-refractivity contribution < 1.29 is 9.53 Å². The minimum Gasteiger partial charge on any atom is -0.447 e. The molecule has 0 aromatic rings. The topological polar surface area (TPSA) is 67.9 Å². The second-order valence-electron chi connectivity index (χ2n) is 4.30. The molecule has 2 aliphatic heterocycles. The molecule has 1 spiro atoms. The highest BCUT2D eigenvalue weighted by molar-refractivity contribution is 6.01. The highest BCUT2D eigenvalue weighted by Gasteiger charge is 2.53. The number of hydrogen-bond donors (Lipinski definition) is 1. The van der Waals surface area contributed by atoms with Gasteiger partial charge in [0.05, 0.1) is 0 Å². The average Bonchev–Trinajstić information content (AvgIpc) is 2.83. The molecule has 76 valence electrons. The average molecular weight is 195 g/mol. The summed E-state index contributed by atoms with van der Waals surface area (Å²) in [6, 6.07) is 0.709. The van der Waals surface area contributed by atoms with Crippen LogP contribution in [-0.4, -0.2) is 41.6 Å². The van der Waals surface area contributed by atoms with Crippen LogP contribution in [0.15, 0.2) is 4.99 Å². The van der Waals surface area contributed by atoms with Crippen LogP contribution in [0.5, 0.6) is 0 Å². The van der Waals surface area contributed by atoms with Gasteiger partial charge in [0.1, 0.15) is 0 Å². The zero-order valence-electron chi connectivity index (χ0n) is 7.90. The standard InChI is InChI=1S/C9H13N3O2/c10-8-11-7(13)9(14-8)3-4-12(5-9)6-1-2-6/h6H,1-5H2,(H2,10,11,13). The first-order valence-corrected chi connectivity index (χ1v) is 5.01. The summed E-state index contributed by atoms with van der Waals surface area (Å²) >= 11 is 0. The summed E-state index contributed by atoms with van der Waals surface area (Å²) in [5, 5.41) is 0. The maximum atomic E-state index is 11.6. The number of carbonyl (C=O) groups is 1. The number of nitrogens with two attached hydrogens (primary N) is 1. The first kappa shape index (κ1) is 8.23. The van der Waals surface area contributed by atoms with Crippen molar-refractivity contribution in [3.63, 3.8) is 0 Å². The number of likely N-dealkylation sites (tertiary alicyclic amines) is 1. The Kier molecular flexibility index (Phi) is 1.45. The molecule has 14 heavy (non-hydrogen) atoms. The molecule has 1 unspecified atom stereocenters. The Labute approximate surface area is 81.9 Å². The van der Waals surface area contributed by atoms with Crippen LogP contribution in [-0.2, 0) is 9.53 Å². The smallest absolute Gasteiger partial charge is 0.295 e. The molecule has 3 rings (SSSR count). The van der Waals surface area contributed by atoms with Gasteiger partial charge in [0.25, 0.3) is 11.9 Å². The van der Waals surface area contributed by atoms with E-state index < -0.39 is 5.60 Å². The normalized spacial score (nSPS) is 37.7. The van der Waals surface area contributed by atoms with Gasteiger partial charge in [-0.05, 0) is 12.8 Å². The number of amides is 1. The Morgan fingerprint density at radius 1 is 1.57 bits per heavy atom. The number of carbonyl (C=O) groups excluding carboxylic acids is 1. The van der Waals surface area contributed by atoms with Crippen LogP contribution in [0.3, 0.4) is 0 Å². The van der Waals surface area contributed by atoms with Crippen molar-refractivity contribution in [1.82, 2.24) is 4.90 Å². The van der Waals surface area contributed by atoms with E-state index in [1.807, 2.05) is 0 Å². The summed E-state index contributed by atoms with van der Waals surface area (Å²) in [5.74, 6) is -0.196. The predicted molar refractivity (Wildman–Crippen MR) is 49.7 cm³/mol. The van der Waals surface area contributed by atoms with Crippen molar-refractivity contribution in [2.24, 2.45) is 10.7 Å². The Bertz CT molecular complexity index is 324. The number of amidine groups is 1. The third-order valence-electron chi connectivity index (χ3n) is 3.23. The molecule has 0 aromatic carbocycles. The first-order valence-electron chi connectivity index (χ1n) is 5.01. The molecule has 2 heterocycles. The van der Waals surface area contributed by atoms with E-state index in [9.17, 15) is 4.79 Å². The van der Waals surface area contributed by atoms with Crippen LogP contribution in [0.2, 0.25) is 0 Å². The maximum absolute atomic E-state index is 11.6. The summed E-state index contributed by atoms with van der Waals surface area (Å²) in [4.78, 5) is 17.5. The lowest BCUT2D eigenvalue weighted by Gasteiger charge is -2.20. The molecule has 5 heteroatoms. The van der Waals surface area contributed by atoms with Crippen LogP contribution in [0.4, 0.5) is 0 Å². The molecule has 0 aromatic heterocycles. The van der Waals surface area contributed by atoms with Gasteiger partial charge in [-0.2, -0.15) is 4.99 Å². The monoisotopic (exact) mass is 195 g/mol. The Morgan fingerprint density at radius 3 is 2.93 bits per heavy atom. The first-order chi connectivity index (χ1) is 6.70. The molecule has 1 saturated carbocycles. The van der Waals surface area contributed by atoms with Gasteiger partial charge in [-0.15, -0.1) is 0 Å². The van der Waals surface area contributed by atoms with E-state index in [0.29, 0.717) is 12.6 Å². The van der Waals surface area contributed by atoms with Crippen molar-refractivity contribution in [3.05, 3.63) is 0 Å². The Hall–Kier alpha value is -1.10. The Balaban J connectivity index is 1.77. The lowest BCUT2D eigenvalue weighted by molar-refractivity contribution is -0.129. The highest BCUT2D eigenvalue weighted by Crippen LogP contribution is 2.37. The molecule has 1 amide bonds. The quantitative estimate of drug-likeness (QED) is 0.610. The van der Waals surface area contributed by atoms with Gasteiger partial charge in [-0.25, -0.2) is 0 Å². The van der Waals surface area contributed by atoms with E-state index in [-0.39, 0.29) is 11.9 Å². The summed E-state index contributed by atoms with van der Waals surface area (Å²) in [6.45, 7) is 1.60. The molecule has 3 aliphatic rings. The lowest BCUT2D eigenvalue weighted by atomic mass is 10.0. The van der Waals surface area contributed by atoms with Crippen molar-refractivity contribution in [2.45, 2.75) is 30.9 Å². The zero-order chi connectivity index (χ0) is 9.76. The number of hydrogen-bond acceptors (Lipinski definition) is 4. The fourth-order valence-electron chi connectivity index (χ4n) is 2.29. The molecule has 1 saturated heterocycles. The fraction of sp³-hybridized carbons (Fsp3) is 0.778. The Morgan fingerprint density at radius 2 is 2.36 bits per heavy atom. The van der Waals surface area contributed by atoms with Crippen LogP contribution < -0.4 is 5.73 Å². The molecule has 0 bridgehead atoms. The van der Waals surface area contributed by atoms with E-state index in [2.05, 4.69) is 9.89 Å². The van der Waals surface area contributed by atoms with Crippen LogP contribution in [0.25, 0.3) is 0 Å². The number of rotatable bonds is 1. The fourth-order valence-corrected chi connectivity index (χ4v) is 2.29. The van der Waals surface area contributed by atoms with Gasteiger partial charge in [0.2, 0.25) is 5.60 Å². The number of nitrogens with zero attached hydrogens (tertiary/aromatic N) is 2. The molecule has 0 radical (unpaired) electrons. The van der Waals surface area contributed by atoms with Gasteiger partial charge >= 0.3 is 0 Å². The van der Waals surface area contributed by atoms with E-state index >= 15 is 0 Å². The third kappa shape index (κ3) is 1.05. The van der Waals surface area contributed by atoms with E-state index in [4.69, 9.17) is 10.5 Å². The van der Waals surface area contributed by atoms with Crippen LogP contribution >= 0.6 is 0 Å². The van der Waals surface area contributed by atoms with Gasteiger partial charge in [-0.1, -0.05) is 0 Å². The second-order valence-corrected chi connectivity index (χ2v) is 4.30.